The van der Waals surface area contributed by atoms with Crippen LogP contribution in [0.5, 0.6) is 5.75 Å². The van der Waals surface area contributed by atoms with E-state index < -0.39 is 17.3 Å². The number of ether oxygens (including phenoxy) is 1. The lowest BCUT2D eigenvalue weighted by Gasteiger charge is -2.52. The summed E-state index contributed by atoms with van der Waals surface area (Å²) >= 11 is 5.94. The minimum absolute atomic E-state index is 0.0000801. The largest absolute Gasteiger partial charge is 0.492 e. The molecule has 2 aromatic rings. The van der Waals surface area contributed by atoms with E-state index in [2.05, 4.69) is 10.2 Å². The van der Waals surface area contributed by atoms with Gasteiger partial charge in [0.05, 0.1) is 12.2 Å². The Morgan fingerprint density at radius 1 is 1.03 bits per heavy atom. The lowest BCUT2D eigenvalue weighted by molar-refractivity contribution is -0.137. The first-order valence-electron chi connectivity index (χ1n) is 10.9. The highest BCUT2D eigenvalue weighted by atomic mass is 35.5. The lowest BCUT2D eigenvalue weighted by Crippen LogP contribution is -2.64. The molecule has 5 rings (SSSR count). The van der Waals surface area contributed by atoms with Crippen molar-refractivity contribution in [1.82, 2.24) is 4.90 Å². The van der Waals surface area contributed by atoms with Crippen LogP contribution < -0.4 is 10.1 Å². The van der Waals surface area contributed by atoms with Crippen LogP contribution in [0.1, 0.15) is 43.2 Å². The molecule has 2 aromatic carbocycles. The van der Waals surface area contributed by atoms with Crippen molar-refractivity contribution in [3.05, 3.63) is 58.6 Å². The number of fused-ring (bicyclic) bond motifs is 2. The van der Waals surface area contributed by atoms with Crippen LogP contribution in [-0.4, -0.2) is 36.0 Å². The number of amides is 1. The van der Waals surface area contributed by atoms with Crippen molar-refractivity contribution in [1.29, 1.82) is 0 Å². The molecule has 0 aromatic heterocycles. The van der Waals surface area contributed by atoms with E-state index in [0.29, 0.717) is 30.5 Å². The van der Waals surface area contributed by atoms with Gasteiger partial charge in [-0.1, -0.05) is 17.7 Å². The van der Waals surface area contributed by atoms with Gasteiger partial charge < -0.3 is 10.1 Å². The number of rotatable bonds is 3. The molecule has 8 heteroatoms. The number of carbonyl (C=O) groups is 1. The third-order valence-corrected chi connectivity index (χ3v) is 7.67. The molecule has 2 fully saturated rings. The van der Waals surface area contributed by atoms with Gasteiger partial charge in [-0.2, -0.15) is 13.2 Å². The average molecular weight is 465 g/mol. The molecule has 0 radical (unpaired) electrons. The molecule has 1 saturated carbocycles. The van der Waals surface area contributed by atoms with Gasteiger partial charge in [-0.25, -0.2) is 0 Å². The second-order valence-electron chi connectivity index (χ2n) is 9.11. The maximum atomic E-state index is 13.2. The summed E-state index contributed by atoms with van der Waals surface area (Å²) in [6.45, 7) is 1.80. The number of likely N-dealkylation sites (tertiary alicyclic amines) is 1. The topological polar surface area (TPSA) is 41.6 Å². The van der Waals surface area contributed by atoms with Crippen LogP contribution in [-0.2, 0) is 16.4 Å². The van der Waals surface area contributed by atoms with Crippen LogP contribution in [0, 0.1) is 0 Å². The van der Waals surface area contributed by atoms with Crippen molar-refractivity contribution in [3.63, 3.8) is 0 Å². The Balaban J connectivity index is 1.30. The van der Waals surface area contributed by atoms with Crippen LogP contribution in [0.15, 0.2) is 42.5 Å². The molecule has 0 atom stereocenters. The highest BCUT2D eigenvalue weighted by Crippen LogP contribution is 2.49. The van der Waals surface area contributed by atoms with E-state index in [1.165, 1.54) is 0 Å². The van der Waals surface area contributed by atoms with Crippen molar-refractivity contribution in [2.24, 2.45) is 0 Å². The summed E-state index contributed by atoms with van der Waals surface area (Å²) < 4.78 is 44.9. The second-order valence-corrected chi connectivity index (χ2v) is 9.55. The predicted molar refractivity (Wildman–Crippen MR) is 116 cm³/mol. The average Bonchev–Trinajstić information content (AvgIpc) is 3.07. The molecule has 1 aliphatic carbocycles. The second kappa shape index (κ2) is 7.66. The van der Waals surface area contributed by atoms with Gasteiger partial charge in [0.15, 0.2) is 0 Å². The summed E-state index contributed by atoms with van der Waals surface area (Å²) in [5.74, 6) is 0.340. The van der Waals surface area contributed by atoms with Gasteiger partial charge >= 0.3 is 6.18 Å². The number of nitrogens with one attached hydrogen (secondary N) is 1. The smallest absolute Gasteiger partial charge is 0.416 e. The molecular formula is C24H24ClF3N2O2. The highest BCUT2D eigenvalue weighted by Gasteiger charge is 2.53. The first kappa shape index (κ1) is 21.6. The van der Waals surface area contributed by atoms with E-state index in [9.17, 15) is 18.0 Å². The summed E-state index contributed by atoms with van der Waals surface area (Å²) in [6.07, 6.45) is -0.265. The molecule has 2 aliphatic heterocycles. The molecule has 1 amide bonds. The molecule has 1 spiro atoms. The van der Waals surface area contributed by atoms with Crippen molar-refractivity contribution >= 4 is 23.2 Å². The Labute approximate surface area is 189 Å². The summed E-state index contributed by atoms with van der Waals surface area (Å²) in [6, 6.07) is 10.9. The zero-order valence-corrected chi connectivity index (χ0v) is 18.2. The number of alkyl halides is 3. The monoisotopic (exact) mass is 464 g/mol. The normalized spacial score (nSPS) is 21.5. The van der Waals surface area contributed by atoms with E-state index in [1.54, 1.807) is 30.3 Å². The Bertz CT molecular complexity index is 1030. The SMILES string of the molecule is O=C(Nc1ccc(Cl)cc1)C1(N2CCC3(CC2)COc2cc(C(F)(F)F)ccc23)CCC1. The van der Waals surface area contributed by atoms with Crippen LogP contribution in [0.3, 0.4) is 0 Å². The van der Waals surface area contributed by atoms with Gasteiger partial charge in [0.2, 0.25) is 5.91 Å². The number of hydrogen-bond donors (Lipinski definition) is 1. The zero-order chi connectivity index (χ0) is 22.6. The van der Waals surface area contributed by atoms with E-state index in [1.807, 2.05) is 0 Å². The van der Waals surface area contributed by atoms with Gasteiger partial charge in [-0.05, 0) is 68.5 Å². The summed E-state index contributed by atoms with van der Waals surface area (Å²) in [4.78, 5) is 15.5. The molecule has 2 heterocycles. The van der Waals surface area contributed by atoms with Gasteiger partial charge in [0.1, 0.15) is 11.3 Å². The Kier molecular flexibility index (Phi) is 5.17. The molecule has 3 aliphatic rings. The standard InChI is InChI=1S/C24H24ClF3N2O2/c25-17-3-5-18(6-4-17)29-21(31)23(8-1-9-23)30-12-10-22(11-13-30)15-32-20-14-16(24(26,27)28)2-7-19(20)22/h2-7,14H,1,8-13,15H2,(H,29,31). The molecule has 32 heavy (non-hydrogen) atoms. The molecule has 1 saturated heterocycles. The lowest BCUT2D eigenvalue weighted by atomic mass is 9.69. The van der Waals surface area contributed by atoms with Crippen LogP contribution in [0.25, 0.3) is 0 Å². The number of benzene rings is 2. The third kappa shape index (κ3) is 3.55. The minimum Gasteiger partial charge on any atom is -0.492 e. The van der Waals surface area contributed by atoms with E-state index in [0.717, 1.165) is 55.5 Å². The minimum atomic E-state index is -4.38. The first-order valence-corrected chi connectivity index (χ1v) is 11.3. The van der Waals surface area contributed by atoms with Gasteiger partial charge in [0.25, 0.3) is 0 Å². The maximum absolute atomic E-state index is 13.2. The number of carbonyl (C=O) groups excluding carboxylic acids is 1. The van der Waals surface area contributed by atoms with E-state index in [-0.39, 0.29) is 11.3 Å². The number of anilines is 1. The molecule has 0 bridgehead atoms. The molecule has 0 unspecified atom stereocenters. The Hall–Kier alpha value is -2.25. The number of hydrogen-bond acceptors (Lipinski definition) is 3. The van der Waals surface area contributed by atoms with E-state index in [4.69, 9.17) is 16.3 Å². The molecule has 1 N–H and O–H groups in total. The van der Waals surface area contributed by atoms with Gasteiger partial charge in [-0.15, -0.1) is 0 Å². The van der Waals surface area contributed by atoms with Crippen LogP contribution >= 0.6 is 11.6 Å². The first-order chi connectivity index (χ1) is 15.2. The summed E-state index contributed by atoms with van der Waals surface area (Å²) in [5, 5.41) is 3.65. The summed E-state index contributed by atoms with van der Waals surface area (Å²) in [5.41, 5.74) is 0.0891. The van der Waals surface area contributed by atoms with Crippen molar-refractivity contribution in [3.8, 4) is 5.75 Å². The quantitative estimate of drug-likeness (QED) is 0.638. The number of halogens is 4. The fourth-order valence-corrected chi connectivity index (χ4v) is 5.43. The van der Waals surface area contributed by atoms with Gasteiger partial charge in [0, 0.05) is 34.8 Å². The van der Waals surface area contributed by atoms with Crippen LogP contribution in [0.4, 0.5) is 18.9 Å². The third-order valence-electron chi connectivity index (χ3n) is 7.42. The number of piperidine rings is 1. The van der Waals surface area contributed by atoms with Crippen LogP contribution in [0.2, 0.25) is 5.02 Å². The number of nitrogens with zero attached hydrogens (tertiary/aromatic N) is 1. The molecular weight excluding hydrogens is 441 g/mol. The van der Waals surface area contributed by atoms with Crippen molar-refractivity contribution in [2.75, 3.05) is 25.0 Å². The molecule has 4 nitrogen and oxygen atoms in total. The Morgan fingerprint density at radius 2 is 1.72 bits per heavy atom. The fourth-order valence-electron chi connectivity index (χ4n) is 5.31. The van der Waals surface area contributed by atoms with Gasteiger partial charge in [-0.3, -0.25) is 9.69 Å². The Morgan fingerprint density at radius 3 is 2.31 bits per heavy atom. The zero-order valence-electron chi connectivity index (χ0n) is 17.5. The summed E-state index contributed by atoms with van der Waals surface area (Å²) in [7, 11) is 0. The van der Waals surface area contributed by atoms with Crippen molar-refractivity contribution < 1.29 is 22.7 Å². The highest BCUT2D eigenvalue weighted by molar-refractivity contribution is 6.30. The maximum Gasteiger partial charge on any atom is 0.416 e. The fraction of sp³-hybridized carbons (Fsp3) is 0.458. The van der Waals surface area contributed by atoms with Crippen molar-refractivity contribution in [2.45, 2.75) is 49.2 Å². The predicted octanol–water partition coefficient (Wildman–Crippen LogP) is 5.65. The molecule has 170 valence electrons. The van der Waals surface area contributed by atoms with E-state index >= 15 is 0 Å².